The van der Waals surface area contributed by atoms with E-state index in [4.69, 9.17) is 23.4 Å². The Bertz CT molecular complexity index is 1570. The van der Waals surface area contributed by atoms with E-state index in [1.165, 1.54) is 0 Å². The van der Waals surface area contributed by atoms with E-state index >= 15 is 0 Å². The highest BCUT2D eigenvalue weighted by atomic mass is 28.4. The zero-order chi connectivity index (χ0) is 35.8. The van der Waals surface area contributed by atoms with Gasteiger partial charge in [0.25, 0.3) is 8.32 Å². The summed E-state index contributed by atoms with van der Waals surface area (Å²) >= 11 is 0. The maximum atomic E-state index is 13.7. The average Bonchev–Trinajstić information content (AvgIpc) is 3.10. The highest BCUT2D eigenvalue weighted by Crippen LogP contribution is 2.38. The normalized spacial score (nSPS) is 21.5. The van der Waals surface area contributed by atoms with Crippen LogP contribution in [0.3, 0.4) is 0 Å². The molecule has 1 saturated heterocycles. The van der Waals surface area contributed by atoms with E-state index in [-0.39, 0.29) is 18.3 Å². The molecule has 0 bridgehead atoms. The lowest BCUT2D eigenvalue weighted by atomic mass is 9.98. The molecule has 9 heteroatoms. The van der Waals surface area contributed by atoms with Gasteiger partial charge in [0, 0.05) is 14.7 Å². The summed E-state index contributed by atoms with van der Waals surface area (Å²) in [4.78, 5) is 13.7. The van der Waals surface area contributed by atoms with Crippen LogP contribution in [0, 0.1) is 0 Å². The number of benzene rings is 4. The molecule has 5 rings (SSSR count). The molecule has 0 spiro atoms. The summed E-state index contributed by atoms with van der Waals surface area (Å²) < 4.78 is 33.0. The quantitative estimate of drug-likeness (QED) is 0.114. The summed E-state index contributed by atoms with van der Waals surface area (Å²) in [6.45, 7) is 14.2. The van der Waals surface area contributed by atoms with Crippen LogP contribution in [0.25, 0.3) is 0 Å². The maximum Gasteiger partial charge on any atom is 0.338 e. The maximum absolute atomic E-state index is 13.7. The van der Waals surface area contributed by atoms with Gasteiger partial charge in [0.2, 0.25) is 0 Å². The third-order valence-electron chi connectivity index (χ3n) is 9.17. The molecule has 1 heterocycles. The Kier molecular flexibility index (Phi) is 12.7. The Morgan fingerprint density at radius 1 is 0.740 bits per heavy atom. The Morgan fingerprint density at radius 2 is 1.26 bits per heavy atom. The van der Waals surface area contributed by atoms with Gasteiger partial charge in [-0.2, -0.15) is 0 Å². The molecule has 0 saturated carbocycles. The average molecular weight is 713 g/mol. The van der Waals surface area contributed by atoms with Crippen LogP contribution in [0.2, 0.25) is 30.7 Å². The lowest BCUT2D eigenvalue weighted by Crippen LogP contribution is -2.68. The Morgan fingerprint density at radius 3 is 1.78 bits per heavy atom. The van der Waals surface area contributed by atoms with Gasteiger partial charge in [-0.15, -0.1) is 0 Å². The summed E-state index contributed by atoms with van der Waals surface area (Å²) in [5.41, 5.74) is 1.32. The van der Waals surface area contributed by atoms with Gasteiger partial charge in [-0.25, -0.2) is 4.79 Å². The predicted octanol–water partition coefficient (Wildman–Crippen LogP) is 6.81. The molecular weight excluding hydrogens is 661 g/mol. The second kappa shape index (κ2) is 16.7. The second-order valence-corrected chi connectivity index (χ2v) is 25.1. The number of ether oxygens (including phenoxy) is 4. The topological polar surface area (TPSA) is 83.5 Å². The Balaban J connectivity index is 1.54. The predicted molar refractivity (Wildman–Crippen MR) is 203 cm³/mol. The van der Waals surface area contributed by atoms with Crippen LogP contribution in [0.4, 0.5) is 0 Å². The number of carbonyl (C=O) groups is 1. The van der Waals surface area contributed by atoms with E-state index in [9.17, 15) is 9.90 Å². The zero-order valence-electron chi connectivity index (χ0n) is 30.2. The lowest BCUT2D eigenvalue weighted by molar-refractivity contribution is -0.306. The first-order chi connectivity index (χ1) is 23.9. The third kappa shape index (κ3) is 9.27. The molecule has 1 N–H and O–H groups in total. The molecule has 7 nitrogen and oxygen atoms in total. The fourth-order valence-electron chi connectivity index (χ4n) is 6.48. The first-order valence-electron chi connectivity index (χ1n) is 17.5. The van der Waals surface area contributed by atoms with Crippen molar-refractivity contribution < 1.29 is 33.3 Å². The minimum absolute atomic E-state index is 0.0752. The van der Waals surface area contributed by atoms with Crippen molar-refractivity contribution in [3.05, 3.63) is 132 Å². The van der Waals surface area contributed by atoms with Crippen molar-refractivity contribution in [1.82, 2.24) is 0 Å². The molecule has 0 unspecified atom stereocenters. The number of hydrogen-bond donors (Lipinski definition) is 1. The molecule has 5 atom stereocenters. The molecule has 1 aliphatic heterocycles. The van der Waals surface area contributed by atoms with Crippen LogP contribution in [-0.2, 0) is 30.0 Å². The summed E-state index contributed by atoms with van der Waals surface area (Å²) in [5.74, 6) is -0.534. The van der Waals surface area contributed by atoms with Crippen molar-refractivity contribution in [2.75, 3.05) is 13.2 Å². The molecule has 0 aromatic heterocycles. The van der Waals surface area contributed by atoms with Crippen molar-refractivity contribution >= 4 is 32.7 Å². The van der Waals surface area contributed by atoms with E-state index in [0.29, 0.717) is 12.2 Å². The molecule has 1 fully saturated rings. The van der Waals surface area contributed by atoms with Crippen LogP contribution in [0.15, 0.2) is 121 Å². The molecule has 4 aromatic rings. The molecule has 4 aromatic carbocycles. The summed E-state index contributed by atoms with van der Waals surface area (Å²) in [6.07, 6.45) is -5.01. The standard InChI is InChI=1S/C41H52O7Si2/c1-41(2,3)50(33-23-15-9-16-24-33,34-25-17-10-18-26-34)46-30-35-37(48-39(43)32-21-13-8-14-22-32)38(45-29-31-19-11-7-12-20-31)36(42)40(47-35)44-27-28-49(4,5)6/h7-26,35-38,40,42H,27-30H2,1-6H3/t35-,36-,37+,38-,40-/m1/s1. The van der Waals surface area contributed by atoms with Gasteiger partial charge in [0.1, 0.15) is 18.3 Å². The number of aliphatic hydroxyl groups excluding tert-OH is 1. The van der Waals surface area contributed by atoms with Crippen molar-refractivity contribution in [3.8, 4) is 0 Å². The van der Waals surface area contributed by atoms with Gasteiger partial charge in [-0.3, -0.25) is 0 Å². The molecule has 0 aliphatic carbocycles. The highest BCUT2D eigenvalue weighted by Gasteiger charge is 2.53. The first kappa shape index (κ1) is 37.8. The molecule has 1 aliphatic rings. The number of rotatable bonds is 14. The van der Waals surface area contributed by atoms with Gasteiger partial charge in [0.15, 0.2) is 12.4 Å². The van der Waals surface area contributed by atoms with Crippen molar-refractivity contribution in [3.63, 3.8) is 0 Å². The zero-order valence-corrected chi connectivity index (χ0v) is 32.2. The lowest BCUT2D eigenvalue weighted by Gasteiger charge is -2.47. The fraction of sp³-hybridized carbons (Fsp3) is 0.390. The minimum atomic E-state index is -3.01. The number of esters is 1. The molecule has 0 amide bonds. The summed E-state index contributed by atoms with van der Waals surface area (Å²) in [7, 11) is -4.46. The van der Waals surface area contributed by atoms with E-state index in [1.807, 2.05) is 72.8 Å². The minimum Gasteiger partial charge on any atom is -0.453 e. The molecule has 266 valence electrons. The van der Waals surface area contributed by atoms with E-state index in [0.717, 1.165) is 22.0 Å². The SMILES string of the molecule is CC(C)(C)[Si](OC[C@H]1O[C@@H](OCC[Si](C)(C)C)[C@H](O)[C@@H](OCc2ccccc2)[C@H]1OC(=O)c1ccccc1)(c1ccccc1)c1ccccc1. The number of aliphatic hydroxyl groups is 1. The van der Waals surface area contributed by atoms with Crippen molar-refractivity contribution in [2.24, 2.45) is 0 Å². The van der Waals surface area contributed by atoms with Gasteiger partial charge >= 0.3 is 5.97 Å². The van der Waals surface area contributed by atoms with Crippen molar-refractivity contribution in [1.29, 1.82) is 0 Å². The molecular formula is C41H52O7Si2. The molecule has 0 radical (unpaired) electrons. The number of carbonyl (C=O) groups excluding carboxylic acids is 1. The van der Waals surface area contributed by atoms with E-state index in [1.54, 1.807) is 24.3 Å². The fourth-order valence-corrected chi connectivity index (χ4v) is 11.8. The van der Waals surface area contributed by atoms with Gasteiger partial charge in [0.05, 0.1) is 18.8 Å². The van der Waals surface area contributed by atoms with E-state index < -0.39 is 53.1 Å². The first-order valence-corrected chi connectivity index (χ1v) is 23.1. The number of hydrogen-bond acceptors (Lipinski definition) is 7. The van der Waals surface area contributed by atoms with Gasteiger partial charge < -0.3 is 28.5 Å². The van der Waals surface area contributed by atoms with Crippen molar-refractivity contribution in [2.45, 2.75) is 88.8 Å². The molecule has 50 heavy (non-hydrogen) atoms. The smallest absolute Gasteiger partial charge is 0.338 e. The Labute approximate surface area is 299 Å². The summed E-state index contributed by atoms with van der Waals surface area (Å²) in [6, 6.07) is 40.2. The van der Waals surface area contributed by atoms with Crippen LogP contribution in [-0.4, -0.2) is 71.4 Å². The van der Waals surface area contributed by atoms with Gasteiger partial charge in [-0.1, -0.05) is 150 Å². The monoisotopic (exact) mass is 712 g/mol. The van der Waals surface area contributed by atoms with Crippen LogP contribution >= 0.6 is 0 Å². The highest BCUT2D eigenvalue weighted by molar-refractivity contribution is 6.99. The van der Waals surface area contributed by atoms with Crippen LogP contribution in [0.5, 0.6) is 0 Å². The van der Waals surface area contributed by atoms with Gasteiger partial charge in [-0.05, 0) is 39.2 Å². The third-order valence-corrected chi connectivity index (χ3v) is 15.9. The van der Waals surface area contributed by atoms with Crippen LogP contribution < -0.4 is 10.4 Å². The van der Waals surface area contributed by atoms with E-state index in [2.05, 4.69) is 64.7 Å². The second-order valence-electron chi connectivity index (χ2n) is 15.2. The largest absolute Gasteiger partial charge is 0.453 e. The Hall–Kier alpha value is -3.42. The summed E-state index contributed by atoms with van der Waals surface area (Å²) in [5, 5.41) is 13.8. The van der Waals surface area contributed by atoms with Crippen LogP contribution in [0.1, 0.15) is 36.7 Å².